The van der Waals surface area contributed by atoms with Gasteiger partial charge in [-0.25, -0.2) is 0 Å². The Labute approximate surface area is 161 Å². The molecule has 146 valence electrons. The third kappa shape index (κ3) is 4.74. The Bertz CT molecular complexity index is 866. The van der Waals surface area contributed by atoms with Gasteiger partial charge in [-0.1, -0.05) is 6.07 Å². The largest absolute Gasteiger partial charge is 0.416 e. The van der Waals surface area contributed by atoms with Crippen LogP contribution in [-0.4, -0.2) is 32.1 Å². The first-order valence-corrected chi connectivity index (χ1v) is 8.81. The van der Waals surface area contributed by atoms with E-state index in [1.807, 2.05) is 17.0 Å². The fraction of sp³-hybridized carbons (Fsp3) is 0.300. The minimum absolute atomic E-state index is 0.195. The van der Waals surface area contributed by atoms with Gasteiger partial charge in [0.1, 0.15) is 6.42 Å². The van der Waals surface area contributed by atoms with Crippen molar-refractivity contribution in [2.45, 2.75) is 12.6 Å². The van der Waals surface area contributed by atoms with Gasteiger partial charge in [0, 0.05) is 43.2 Å². The normalized spacial score (nSPS) is 14.5. The molecule has 3 rings (SSSR count). The van der Waals surface area contributed by atoms with Crippen LogP contribution >= 0.6 is 0 Å². The summed E-state index contributed by atoms with van der Waals surface area (Å²) >= 11 is 0. The molecule has 1 N–H and O–H groups in total. The quantitative estimate of drug-likeness (QED) is 0.864. The number of carbonyl (C=O) groups excluding carboxylic acids is 1. The fourth-order valence-corrected chi connectivity index (χ4v) is 3.13. The van der Waals surface area contributed by atoms with E-state index in [1.165, 1.54) is 12.1 Å². The Kier molecular flexibility index (Phi) is 5.73. The summed E-state index contributed by atoms with van der Waals surface area (Å²) < 4.78 is 38.7. The number of nitrogens with zero attached hydrogens (tertiary/aromatic N) is 3. The summed E-state index contributed by atoms with van der Waals surface area (Å²) in [6.45, 7) is 2.58. The van der Waals surface area contributed by atoms with Crippen LogP contribution in [0.2, 0.25) is 0 Å². The SMILES string of the molecule is N#CCC(=O)Nc1ccc(N2CCN(c3cccc(C(F)(F)F)c3)CC2)cc1. The Balaban J connectivity index is 1.60. The molecule has 28 heavy (non-hydrogen) atoms. The zero-order chi connectivity index (χ0) is 20.1. The van der Waals surface area contributed by atoms with Crippen molar-refractivity contribution in [1.29, 1.82) is 5.26 Å². The molecule has 8 heteroatoms. The number of benzene rings is 2. The monoisotopic (exact) mass is 388 g/mol. The molecule has 0 saturated carbocycles. The van der Waals surface area contributed by atoms with Gasteiger partial charge in [-0.3, -0.25) is 4.79 Å². The average molecular weight is 388 g/mol. The molecule has 1 aliphatic heterocycles. The van der Waals surface area contributed by atoms with E-state index in [2.05, 4.69) is 10.2 Å². The third-order valence-corrected chi connectivity index (χ3v) is 4.57. The van der Waals surface area contributed by atoms with E-state index in [0.717, 1.165) is 11.8 Å². The second-order valence-electron chi connectivity index (χ2n) is 6.45. The molecular weight excluding hydrogens is 369 g/mol. The molecule has 2 aromatic carbocycles. The van der Waals surface area contributed by atoms with Crippen molar-refractivity contribution in [1.82, 2.24) is 0 Å². The second kappa shape index (κ2) is 8.21. The second-order valence-corrected chi connectivity index (χ2v) is 6.45. The maximum absolute atomic E-state index is 12.9. The highest BCUT2D eigenvalue weighted by Gasteiger charge is 2.31. The zero-order valence-corrected chi connectivity index (χ0v) is 15.0. The number of amides is 1. The predicted molar refractivity (Wildman–Crippen MR) is 101 cm³/mol. The molecule has 2 aromatic rings. The molecule has 1 aliphatic rings. The lowest BCUT2D eigenvalue weighted by Gasteiger charge is -2.37. The molecule has 0 radical (unpaired) electrons. The summed E-state index contributed by atoms with van der Waals surface area (Å²) in [5, 5.41) is 11.1. The van der Waals surface area contributed by atoms with Crippen LogP contribution in [0.1, 0.15) is 12.0 Å². The molecule has 1 fully saturated rings. The lowest BCUT2D eigenvalue weighted by molar-refractivity contribution is -0.137. The van der Waals surface area contributed by atoms with Gasteiger partial charge < -0.3 is 15.1 Å². The Morgan fingerprint density at radius 2 is 1.61 bits per heavy atom. The molecule has 0 spiro atoms. The Hall–Kier alpha value is -3.21. The van der Waals surface area contributed by atoms with E-state index in [4.69, 9.17) is 5.26 Å². The maximum Gasteiger partial charge on any atom is 0.416 e. The van der Waals surface area contributed by atoms with Crippen molar-refractivity contribution in [2.75, 3.05) is 41.3 Å². The highest BCUT2D eigenvalue weighted by atomic mass is 19.4. The van der Waals surface area contributed by atoms with Crippen molar-refractivity contribution in [2.24, 2.45) is 0 Å². The summed E-state index contributed by atoms with van der Waals surface area (Å²) in [7, 11) is 0. The molecule has 1 heterocycles. The Morgan fingerprint density at radius 1 is 1.00 bits per heavy atom. The average Bonchev–Trinajstić information content (AvgIpc) is 2.68. The zero-order valence-electron chi connectivity index (χ0n) is 15.0. The highest BCUT2D eigenvalue weighted by Crippen LogP contribution is 2.32. The topological polar surface area (TPSA) is 59.4 Å². The van der Waals surface area contributed by atoms with E-state index in [-0.39, 0.29) is 12.3 Å². The van der Waals surface area contributed by atoms with Gasteiger partial charge in [-0.05, 0) is 42.5 Å². The highest BCUT2D eigenvalue weighted by molar-refractivity contribution is 5.92. The van der Waals surface area contributed by atoms with Gasteiger partial charge in [0.2, 0.25) is 5.91 Å². The van der Waals surface area contributed by atoms with Crippen LogP contribution in [0.25, 0.3) is 0 Å². The molecule has 0 aliphatic carbocycles. The first-order valence-electron chi connectivity index (χ1n) is 8.81. The van der Waals surface area contributed by atoms with Gasteiger partial charge in [0.25, 0.3) is 0 Å². The van der Waals surface area contributed by atoms with Gasteiger partial charge in [0.15, 0.2) is 0 Å². The first-order chi connectivity index (χ1) is 13.4. The minimum atomic E-state index is -4.35. The molecule has 0 atom stereocenters. The van der Waals surface area contributed by atoms with Crippen LogP contribution in [-0.2, 0) is 11.0 Å². The predicted octanol–water partition coefficient (Wildman–Crippen LogP) is 3.88. The van der Waals surface area contributed by atoms with Crippen LogP contribution in [0.5, 0.6) is 0 Å². The van der Waals surface area contributed by atoms with Crippen LogP contribution in [0.3, 0.4) is 0 Å². The molecule has 5 nitrogen and oxygen atoms in total. The number of anilines is 3. The molecule has 1 saturated heterocycles. The summed E-state index contributed by atoms with van der Waals surface area (Å²) in [5.74, 6) is -0.357. The first kappa shape index (κ1) is 19.5. The van der Waals surface area contributed by atoms with Gasteiger partial charge in [0.05, 0.1) is 11.6 Å². The van der Waals surface area contributed by atoms with Crippen molar-refractivity contribution in [3.63, 3.8) is 0 Å². The summed E-state index contributed by atoms with van der Waals surface area (Å²) in [4.78, 5) is 15.5. The summed E-state index contributed by atoms with van der Waals surface area (Å²) in [6.07, 6.45) is -4.54. The van der Waals surface area contributed by atoms with E-state index in [0.29, 0.717) is 37.6 Å². The maximum atomic E-state index is 12.9. The van der Waals surface area contributed by atoms with Crippen LogP contribution in [0.4, 0.5) is 30.2 Å². The number of nitriles is 1. The van der Waals surface area contributed by atoms with E-state index in [1.54, 1.807) is 24.3 Å². The van der Waals surface area contributed by atoms with Crippen LogP contribution in [0.15, 0.2) is 48.5 Å². The number of piperazine rings is 1. The van der Waals surface area contributed by atoms with Crippen molar-refractivity contribution < 1.29 is 18.0 Å². The van der Waals surface area contributed by atoms with Crippen LogP contribution in [0, 0.1) is 11.3 Å². The van der Waals surface area contributed by atoms with Gasteiger partial charge in [-0.2, -0.15) is 18.4 Å². The third-order valence-electron chi connectivity index (χ3n) is 4.57. The number of hydrogen-bond donors (Lipinski definition) is 1. The molecular formula is C20H19F3N4O. The van der Waals surface area contributed by atoms with Crippen molar-refractivity contribution >= 4 is 23.0 Å². The molecule has 1 amide bonds. The standard InChI is InChI=1S/C20H19F3N4O/c21-20(22,23)15-2-1-3-18(14-15)27-12-10-26(11-13-27)17-6-4-16(5-7-17)25-19(28)8-9-24/h1-7,14H,8,10-13H2,(H,25,28). The number of rotatable bonds is 4. The Morgan fingerprint density at radius 3 is 2.18 bits per heavy atom. The van der Waals surface area contributed by atoms with Crippen molar-refractivity contribution in [3.05, 3.63) is 54.1 Å². The van der Waals surface area contributed by atoms with E-state index in [9.17, 15) is 18.0 Å². The van der Waals surface area contributed by atoms with Gasteiger partial charge >= 0.3 is 6.18 Å². The van der Waals surface area contributed by atoms with E-state index >= 15 is 0 Å². The number of halogens is 3. The molecule has 0 aromatic heterocycles. The number of alkyl halides is 3. The number of nitrogens with one attached hydrogen (secondary N) is 1. The minimum Gasteiger partial charge on any atom is -0.368 e. The summed E-state index contributed by atoms with van der Waals surface area (Å²) in [6, 6.07) is 14.5. The molecule has 0 bridgehead atoms. The van der Waals surface area contributed by atoms with E-state index < -0.39 is 11.7 Å². The van der Waals surface area contributed by atoms with Crippen molar-refractivity contribution in [3.8, 4) is 6.07 Å². The summed E-state index contributed by atoms with van der Waals surface area (Å²) in [5.41, 5.74) is 1.53. The smallest absolute Gasteiger partial charge is 0.368 e. The van der Waals surface area contributed by atoms with Gasteiger partial charge in [-0.15, -0.1) is 0 Å². The molecule has 0 unspecified atom stereocenters. The fourth-order valence-electron chi connectivity index (χ4n) is 3.13. The lowest BCUT2D eigenvalue weighted by atomic mass is 10.1. The lowest BCUT2D eigenvalue weighted by Crippen LogP contribution is -2.46. The van der Waals surface area contributed by atoms with Crippen LogP contribution < -0.4 is 15.1 Å². The number of carbonyl (C=O) groups is 1. The number of hydrogen-bond acceptors (Lipinski definition) is 4.